The summed E-state index contributed by atoms with van der Waals surface area (Å²) in [5.41, 5.74) is -0.117. The first kappa shape index (κ1) is 18.8. The van der Waals surface area contributed by atoms with E-state index >= 15 is 0 Å². The van der Waals surface area contributed by atoms with E-state index in [0.29, 0.717) is 31.9 Å². The molecule has 2 fully saturated rings. The molecule has 144 valence electrons. The molecule has 26 heavy (non-hydrogen) atoms. The van der Waals surface area contributed by atoms with E-state index in [0.717, 1.165) is 31.6 Å². The Bertz CT molecular complexity index is 624. The van der Waals surface area contributed by atoms with Crippen LogP contribution >= 0.6 is 0 Å². The van der Waals surface area contributed by atoms with Gasteiger partial charge in [0.05, 0.1) is 17.7 Å². The lowest BCUT2D eigenvalue weighted by Gasteiger charge is -2.37. The highest BCUT2D eigenvalue weighted by Crippen LogP contribution is 2.31. The van der Waals surface area contributed by atoms with Gasteiger partial charge in [-0.3, -0.25) is 0 Å². The quantitative estimate of drug-likeness (QED) is 0.888. The van der Waals surface area contributed by atoms with Crippen LogP contribution in [0.3, 0.4) is 0 Å². The molecule has 2 amide bonds. The molecule has 3 rings (SSSR count). The van der Waals surface area contributed by atoms with Crippen molar-refractivity contribution < 1.29 is 22.7 Å². The van der Waals surface area contributed by atoms with Crippen molar-refractivity contribution in [3.05, 3.63) is 29.8 Å². The second-order valence-corrected chi connectivity index (χ2v) is 6.81. The summed E-state index contributed by atoms with van der Waals surface area (Å²) in [5, 5.41) is 2.97. The zero-order valence-electron chi connectivity index (χ0n) is 14.8. The predicted molar refractivity (Wildman–Crippen MR) is 92.2 cm³/mol. The SMILES string of the molecule is C[C@H](NC(=O)N1CCN(c2cccc(C(F)(F)F)c2)CC1)[C@@H]1CCCO1. The van der Waals surface area contributed by atoms with Crippen molar-refractivity contribution in [1.29, 1.82) is 0 Å². The Morgan fingerprint density at radius 1 is 1.27 bits per heavy atom. The van der Waals surface area contributed by atoms with Crippen LogP contribution in [0.5, 0.6) is 0 Å². The van der Waals surface area contributed by atoms with E-state index in [1.54, 1.807) is 11.0 Å². The minimum atomic E-state index is -4.35. The van der Waals surface area contributed by atoms with E-state index in [4.69, 9.17) is 4.74 Å². The topological polar surface area (TPSA) is 44.8 Å². The highest BCUT2D eigenvalue weighted by molar-refractivity contribution is 5.75. The summed E-state index contributed by atoms with van der Waals surface area (Å²) in [4.78, 5) is 16.0. The number of nitrogens with one attached hydrogen (secondary N) is 1. The monoisotopic (exact) mass is 371 g/mol. The molecule has 0 radical (unpaired) electrons. The fourth-order valence-corrected chi connectivity index (χ4v) is 3.42. The third-order valence-electron chi connectivity index (χ3n) is 4.98. The van der Waals surface area contributed by atoms with Crippen molar-refractivity contribution in [3.63, 3.8) is 0 Å². The zero-order valence-corrected chi connectivity index (χ0v) is 14.8. The van der Waals surface area contributed by atoms with Crippen molar-refractivity contribution >= 4 is 11.7 Å². The molecule has 1 aromatic rings. The summed E-state index contributed by atoms with van der Waals surface area (Å²) in [6.45, 7) is 4.63. The van der Waals surface area contributed by atoms with Crippen LogP contribution in [0, 0.1) is 0 Å². The average molecular weight is 371 g/mol. The molecule has 0 bridgehead atoms. The Kier molecular flexibility index (Phi) is 5.60. The van der Waals surface area contributed by atoms with Crippen molar-refractivity contribution in [2.24, 2.45) is 0 Å². The van der Waals surface area contributed by atoms with Gasteiger partial charge in [-0.25, -0.2) is 4.79 Å². The molecule has 0 aromatic heterocycles. The molecule has 0 saturated carbocycles. The van der Waals surface area contributed by atoms with Crippen LogP contribution in [-0.4, -0.2) is 55.9 Å². The molecule has 0 spiro atoms. The number of alkyl halides is 3. The molecule has 2 aliphatic rings. The lowest BCUT2D eigenvalue weighted by molar-refractivity contribution is -0.137. The summed E-state index contributed by atoms with van der Waals surface area (Å²) in [7, 11) is 0. The lowest BCUT2D eigenvalue weighted by atomic mass is 10.1. The molecule has 1 N–H and O–H groups in total. The molecule has 5 nitrogen and oxygen atoms in total. The van der Waals surface area contributed by atoms with Gasteiger partial charge in [0.2, 0.25) is 0 Å². The lowest BCUT2D eigenvalue weighted by Crippen LogP contribution is -2.54. The van der Waals surface area contributed by atoms with Crippen molar-refractivity contribution in [2.75, 3.05) is 37.7 Å². The third kappa shape index (κ3) is 4.41. The van der Waals surface area contributed by atoms with Gasteiger partial charge in [-0.1, -0.05) is 6.07 Å². The maximum Gasteiger partial charge on any atom is 0.416 e. The van der Waals surface area contributed by atoms with Crippen LogP contribution < -0.4 is 10.2 Å². The minimum Gasteiger partial charge on any atom is -0.376 e. The molecular formula is C18H24F3N3O2. The standard InChI is InChI=1S/C18H24F3N3O2/c1-13(16-6-3-11-26-16)22-17(25)24-9-7-23(8-10-24)15-5-2-4-14(12-15)18(19,20)21/h2,4-5,12-13,16H,3,6-11H2,1H3,(H,22,25)/t13-,16-/m0/s1. The van der Waals surface area contributed by atoms with Gasteiger partial charge in [0.25, 0.3) is 0 Å². The number of ether oxygens (including phenoxy) is 1. The van der Waals surface area contributed by atoms with Gasteiger partial charge in [-0.15, -0.1) is 0 Å². The van der Waals surface area contributed by atoms with E-state index < -0.39 is 11.7 Å². The van der Waals surface area contributed by atoms with Gasteiger partial charge in [0.1, 0.15) is 0 Å². The summed E-state index contributed by atoms with van der Waals surface area (Å²) in [6, 6.07) is 5.13. The highest BCUT2D eigenvalue weighted by Gasteiger charge is 2.31. The Morgan fingerprint density at radius 2 is 2.00 bits per heavy atom. The number of rotatable bonds is 3. The number of benzene rings is 1. The summed E-state index contributed by atoms with van der Waals surface area (Å²) in [5.74, 6) is 0. The van der Waals surface area contributed by atoms with Gasteiger partial charge in [0, 0.05) is 38.5 Å². The second kappa shape index (κ2) is 7.73. The first-order valence-corrected chi connectivity index (χ1v) is 8.94. The van der Waals surface area contributed by atoms with Crippen molar-refractivity contribution in [2.45, 2.75) is 38.1 Å². The fourth-order valence-electron chi connectivity index (χ4n) is 3.42. The van der Waals surface area contributed by atoms with Crippen molar-refractivity contribution in [1.82, 2.24) is 10.2 Å². The molecule has 2 saturated heterocycles. The zero-order chi connectivity index (χ0) is 18.7. The molecule has 2 heterocycles. The highest BCUT2D eigenvalue weighted by atomic mass is 19.4. The van der Waals surface area contributed by atoms with Crippen molar-refractivity contribution in [3.8, 4) is 0 Å². The number of hydrogen-bond donors (Lipinski definition) is 1. The second-order valence-electron chi connectivity index (χ2n) is 6.81. The Morgan fingerprint density at radius 3 is 2.62 bits per heavy atom. The molecule has 0 aliphatic carbocycles. The van der Waals surface area contributed by atoms with E-state index in [1.807, 2.05) is 11.8 Å². The smallest absolute Gasteiger partial charge is 0.376 e. The van der Waals surface area contributed by atoms with E-state index in [-0.39, 0.29) is 18.2 Å². The van der Waals surface area contributed by atoms with Gasteiger partial charge < -0.3 is 19.9 Å². The summed E-state index contributed by atoms with van der Waals surface area (Å²) < 4.78 is 44.2. The summed E-state index contributed by atoms with van der Waals surface area (Å²) in [6.07, 6.45) is -2.33. The van der Waals surface area contributed by atoms with Gasteiger partial charge in [-0.2, -0.15) is 13.2 Å². The third-order valence-corrected chi connectivity index (χ3v) is 4.98. The van der Waals surface area contributed by atoms with Crippen LogP contribution in [0.15, 0.2) is 24.3 Å². The molecule has 2 atom stereocenters. The Hall–Kier alpha value is -1.96. The molecule has 1 aromatic carbocycles. The van der Waals surface area contributed by atoms with E-state index in [1.165, 1.54) is 6.07 Å². The first-order valence-electron chi connectivity index (χ1n) is 8.94. The average Bonchev–Trinajstić information content (AvgIpc) is 3.16. The van der Waals surface area contributed by atoms with Crippen LogP contribution in [0.4, 0.5) is 23.7 Å². The van der Waals surface area contributed by atoms with Gasteiger partial charge in [0.15, 0.2) is 0 Å². The number of anilines is 1. The van der Waals surface area contributed by atoms with E-state index in [2.05, 4.69) is 5.32 Å². The van der Waals surface area contributed by atoms with Crippen LogP contribution in [-0.2, 0) is 10.9 Å². The van der Waals surface area contributed by atoms with Gasteiger partial charge >= 0.3 is 12.2 Å². The predicted octanol–water partition coefficient (Wildman–Crippen LogP) is 3.10. The number of carbonyl (C=O) groups is 1. The number of urea groups is 1. The largest absolute Gasteiger partial charge is 0.416 e. The number of piperazine rings is 1. The van der Waals surface area contributed by atoms with E-state index in [9.17, 15) is 18.0 Å². The molecular weight excluding hydrogens is 347 g/mol. The van der Waals surface area contributed by atoms with Crippen LogP contribution in [0.2, 0.25) is 0 Å². The number of nitrogens with zero attached hydrogens (tertiary/aromatic N) is 2. The normalized spacial score (nSPS) is 22.4. The number of hydrogen-bond acceptors (Lipinski definition) is 3. The van der Waals surface area contributed by atoms with Crippen LogP contribution in [0.1, 0.15) is 25.3 Å². The maximum atomic E-state index is 12.9. The Balaban J connectivity index is 1.53. The number of amides is 2. The number of halogens is 3. The molecule has 2 aliphatic heterocycles. The molecule has 8 heteroatoms. The fraction of sp³-hybridized carbons (Fsp3) is 0.611. The summed E-state index contributed by atoms with van der Waals surface area (Å²) >= 11 is 0. The van der Waals surface area contributed by atoms with Gasteiger partial charge in [-0.05, 0) is 38.0 Å². The van der Waals surface area contributed by atoms with Crippen LogP contribution in [0.25, 0.3) is 0 Å². The number of carbonyl (C=O) groups excluding carboxylic acids is 1. The minimum absolute atomic E-state index is 0.0495. The Labute approximate surface area is 151 Å². The maximum absolute atomic E-state index is 12.9. The first-order chi connectivity index (χ1) is 12.3. The molecule has 0 unspecified atom stereocenters.